The van der Waals surface area contributed by atoms with E-state index >= 15 is 0 Å². The topological polar surface area (TPSA) is 70.2 Å². The van der Waals surface area contributed by atoms with E-state index in [1.807, 2.05) is 48.5 Å². The molecule has 0 saturated heterocycles. The third-order valence-corrected chi connectivity index (χ3v) is 3.83. The predicted octanol–water partition coefficient (Wildman–Crippen LogP) is 4.59. The number of nitrogens with one attached hydrogen (secondary N) is 2. The van der Waals surface area contributed by atoms with Crippen LogP contribution >= 0.6 is 0 Å². The van der Waals surface area contributed by atoms with Gasteiger partial charge < -0.3 is 10.2 Å². The van der Waals surface area contributed by atoms with Crippen LogP contribution in [0.1, 0.15) is 12.5 Å². The Hall–Kier alpha value is -3.41. The molecule has 0 spiro atoms. The van der Waals surface area contributed by atoms with Crippen LogP contribution in [-0.2, 0) is 0 Å². The van der Waals surface area contributed by atoms with Crippen molar-refractivity contribution in [2.45, 2.75) is 13.8 Å². The van der Waals surface area contributed by atoms with Crippen molar-refractivity contribution in [2.24, 2.45) is 0 Å². The number of urea groups is 1. The van der Waals surface area contributed by atoms with Crippen LogP contribution in [0.3, 0.4) is 0 Å². The molecule has 0 aliphatic heterocycles. The van der Waals surface area contributed by atoms with E-state index in [-0.39, 0.29) is 6.03 Å². The number of carbonyl (C=O) groups is 1. The fourth-order valence-electron chi connectivity index (χ4n) is 2.61. The number of hydrogen-bond donors (Lipinski definition) is 2. The molecule has 3 rings (SSSR count). The molecule has 6 nitrogen and oxygen atoms in total. The molecule has 0 aliphatic carbocycles. The molecule has 1 heterocycles. The zero-order valence-electron chi connectivity index (χ0n) is 14.8. The Kier molecular flexibility index (Phi) is 5.43. The van der Waals surface area contributed by atoms with Crippen LogP contribution in [0.2, 0.25) is 0 Å². The minimum Gasteiger partial charge on any atom is -0.325 e. The number of hydrogen-bond acceptors (Lipinski definition) is 4. The Morgan fingerprint density at radius 2 is 1.77 bits per heavy atom. The Morgan fingerprint density at radius 1 is 0.962 bits per heavy atom. The number of anilines is 4. The van der Waals surface area contributed by atoms with Crippen LogP contribution in [0.4, 0.5) is 27.8 Å². The summed E-state index contributed by atoms with van der Waals surface area (Å²) in [6, 6.07) is 20.7. The van der Waals surface area contributed by atoms with Crippen LogP contribution in [0, 0.1) is 6.92 Å². The molecule has 2 aromatic carbocycles. The molecule has 0 fully saturated rings. The highest BCUT2D eigenvalue weighted by molar-refractivity contribution is 5.99. The van der Waals surface area contributed by atoms with E-state index in [1.165, 1.54) is 5.56 Å². The van der Waals surface area contributed by atoms with E-state index in [4.69, 9.17) is 0 Å². The van der Waals surface area contributed by atoms with Gasteiger partial charge in [-0.2, -0.15) is 0 Å². The Morgan fingerprint density at radius 3 is 2.42 bits per heavy atom. The van der Waals surface area contributed by atoms with Crippen LogP contribution in [0.5, 0.6) is 0 Å². The van der Waals surface area contributed by atoms with Crippen LogP contribution < -0.4 is 15.5 Å². The van der Waals surface area contributed by atoms with Crippen molar-refractivity contribution < 1.29 is 4.79 Å². The number of para-hydroxylation sites is 1. The largest absolute Gasteiger partial charge is 0.325 e. The molecule has 0 unspecified atom stereocenters. The van der Waals surface area contributed by atoms with E-state index in [0.717, 1.165) is 18.1 Å². The Labute approximate surface area is 152 Å². The lowest BCUT2D eigenvalue weighted by atomic mass is 10.2. The number of carbonyl (C=O) groups excluding carboxylic acids is 1. The second kappa shape index (κ2) is 8.11. The fourth-order valence-corrected chi connectivity index (χ4v) is 2.61. The summed E-state index contributed by atoms with van der Waals surface area (Å²) in [5, 5.41) is 13.8. The molecule has 132 valence electrons. The molecule has 26 heavy (non-hydrogen) atoms. The number of benzene rings is 2. The van der Waals surface area contributed by atoms with E-state index in [9.17, 15) is 4.79 Å². The van der Waals surface area contributed by atoms with E-state index in [0.29, 0.717) is 11.5 Å². The van der Waals surface area contributed by atoms with E-state index in [2.05, 4.69) is 51.7 Å². The number of aromatic nitrogens is 2. The number of aryl methyl sites for hydroxylation is 1. The van der Waals surface area contributed by atoms with Crippen LogP contribution in [0.15, 0.2) is 66.7 Å². The van der Waals surface area contributed by atoms with Gasteiger partial charge in [-0.15, -0.1) is 10.2 Å². The molecule has 6 heteroatoms. The van der Waals surface area contributed by atoms with E-state index < -0.39 is 0 Å². The lowest BCUT2D eigenvalue weighted by Gasteiger charge is -2.22. The molecule has 0 atom stereocenters. The molecule has 0 bridgehead atoms. The van der Waals surface area contributed by atoms with Crippen molar-refractivity contribution in [1.82, 2.24) is 10.2 Å². The van der Waals surface area contributed by atoms with Crippen molar-refractivity contribution in [1.29, 1.82) is 0 Å². The molecule has 2 N–H and O–H groups in total. The molecule has 0 radical (unpaired) electrons. The highest BCUT2D eigenvalue weighted by Gasteiger charge is 2.10. The van der Waals surface area contributed by atoms with Crippen molar-refractivity contribution >= 4 is 29.0 Å². The average Bonchev–Trinajstić information content (AvgIpc) is 2.64. The first-order valence-electron chi connectivity index (χ1n) is 8.46. The number of amides is 2. The van der Waals surface area contributed by atoms with Gasteiger partial charge in [0.15, 0.2) is 11.6 Å². The fraction of sp³-hybridized carbons (Fsp3) is 0.150. The van der Waals surface area contributed by atoms with E-state index in [1.54, 1.807) is 6.07 Å². The summed E-state index contributed by atoms with van der Waals surface area (Å²) in [5.74, 6) is 1.12. The molecule has 0 saturated carbocycles. The minimum atomic E-state index is -0.357. The molecular weight excluding hydrogens is 326 g/mol. The zero-order chi connectivity index (χ0) is 18.4. The predicted molar refractivity (Wildman–Crippen MR) is 105 cm³/mol. The maximum Gasteiger partial charge on any atom is 0.324 e. The van der Waals surface area contributed by atoms with Gasteiger partial charge in [-0.05, 0) is 55.8 Å². The summed E-state index contributed by atoms with van der Waals surface area (Å²) < 4.78 is 0. The molecule has 1 aromatic heterocycles. The molecular formula is C20H21N5O. The van der Waals surface area contributed by atoms with Gasteiger partial charge in [-0.25, -0.2) is 4.79 Å². The summed E-state index contributed by atoms with van der Waals surface area (Å²) in [6.07, 6.45) is 0. The molecule has 3 aromatic rings. The van der Waals surface area contributed by atoms with Gasteiger partial charge in [0.25, 0.3) is 0 Å². The quantitative estimate of drug-likeness (QED) is 0.708. The average molecular weight is 347 g/mol. The second-order valence-corrected chi connectivity index (χ2v) is 5.81. The monoisotopic (exact) mass is 347 g/mol. The van der Waals surface area contributed by atoms with Crippen molar-refractivity contribution in [2.75, 3.05) is 22.1 Å². The summed E-state index contributed by atoms with van der Waals surface area (Å²) in [4.78, 5) is 14.1. The van der Waals surface area contributed by atoms with Gasteiger partial charge in [0.2, 0.25) is 0 Å². The summed E-state index contributed by atoms with van der Waals surface area (Å²) in [5.41, 5.74) is 2.96. The van der Waals surface area contributed by atoms with Crippen molar-refractivity contribution in [3.05, 3.63) is 72.3 Å². The maximum atomic E-state index is 12.0. The minimum absolute atomic E-state index is 0.357. The van der Waals surface area contributed by atoms with Crippen LogP contribution in [0.25, 0.3) is 0 Å². The molecule has 0 aliphatic rings. The maximum absolute atomic E-state index is 12.0. The third-order valence-electron chi connectivity index (χ3n) is 3.83. The molecule has 2 amide bonds. The highest BCUT2D eigenvalue weighted by atomic mass is 16.2. The lowest BCUT2D eigenvalue weighted by molar-refractivity contribution is 0.262. The lowest BCUT2D eigenvalue weighted by Crippen LogP contribution is -2.21. The summed E-state index contributed by atoms with van der Waals surface area (Å²) in [7, 11) is 0. The second-order valence-electron chi connectivity index (χ2n) is 5.81. The Bertz CT molecular complexity index is 865. The zero-order valence-corrected chi connectivity index (χ0v) is 14.8. The van der Waals surface area contributed by atoms with Crippen molar-refractivity contribution in [3.8, 4) is 0 Å². The first-order chi connectivity index (χ1) is 12.7. The summed E-state index contributed by atoms with van der Waals surface area (Å²) in [6.45, 7) is 4.88. The standard InChI is InChI=1S/C20H21N5O/c1-3-25(17-11-7-8-15(2)14-17)19-13-12-18(23-24-19)22-20(26)21-16-9-5-4-6-10-16/h4-14H,3H2,1-2H3,(H2,21,22,23,26). The number of rotatable bonds is 5. The third kappa shape index (κ3) is 4.36. The van der Waals surface area contributed by atoms with Gasteiger partial charge in [-0.1, -0.05) is 30.3 Å². The SMILES string of the molecule is CCN(c1cccc(C)c1)c1ccc(NC(=O)Nc2ccccc2)nn1. The summed E-state index contributed by atoms with van der Waals surface area (Å²) >= 11 is 0. The smallest absolute Gasteiger partial charge is 0.324 e. The first-order valence-corrected chi connectivity index (χ1v) is 8.46. The van der Waals surface area contributed by atoms with Gasteiger partial charge >= 0.3 is 6.03 Å². The normalized spacial score (nSPS) is 10.2. The Balaban J connectivity index is 1.68. The van der Waals surface area contributed by atoms with Gasteiger partial charge in [0, 0.05) is 17.9 Å². The number of nitrogens with zero attached hydrogens (tertiary/aromatic N) is 3. The van der Waals surface area contributed by atoms with Gasteiger partial charge in [-0.3, -0.25) is 5.32 Å². The first kappa shape index (κ1) is 17.4. The van der Waals surface area contributed by atoms with Crippen molar-refractivity contribution in [3.63, 3.8) is 0 Å². The van der Waals surface area contributed by atoms with Crippen LogP contribution in [-0.4, -0.2) is 22.8 Å². The van der Waals surface area contributed by atoms with Gasteiger partial charge in [0.1, 0.15) is 0 Å². The van der Waals surface area contributed by atoms with Gasteiger partial charge in [0.05, 0.1) is 0 Å². The highest BCUT2D eigenvalue weighted by Crippen LogP contribution is 2.24.